The van der Waals surface area contributed by atoms with Gasteiger partial charge < -0.3 is 14.8 Å². The van der Waals surface area contributed by atoms with Crippen LogP contribution in [0.25, 0.3) is 22.2 Å². The van der Waals surface area contributed by atoms with Crippen LogP contribution >= 0.6 is 22.9 Å². The minimum Gasteiger partial charge on any atom is -0.487 e. The van der Waals surface area contributed by atoms with Gasteiger partial charge in [-0.05, 0) is 67.1 Å². The minimum absolute atomic E-state index is 0.0553. The number of halogens is 2. The number of thiazole rings is 1. The topological polar surface area (TPSA) is 103 Å². The van der Waals surface area contributed by atoms with Gasteiger partial charge in [0.2, 0.25) is 0 Å². The highest BCUT2D eigenvalue weighted by Crippen LogP contribution is 2.33. The zero-order chi connectivity index (χ0) is 32.1. The molecule has 12 heteroatoms. The van der Waals surface area contributed by atoms with Crippen LogP contribution in [0.5, 0.6) is 5.75 Å². The number of nitrogens with one attached hydrogen (secondary N) is 1. The van der Waals surface area contributed by atoms with Crippen molar-refractivity contribution in [3.05, 3.63) is 124 Å². The molecule has 6 rings (SSSR count). The summed E-state index contributed by atoms with van der Waals surface area (Å²) in [5.74, 6) is 0.621. The van der Waals surface area contributed by atoms with Gasteiger partial charge in [0.1, 0.15) is 41.4 Å². The third-order valence-electron chi connectivity index (χ3n) is 7.10. The number of hydrogen-bond donors (Lipinski definition) is 1. The van der Waals surface area contributed by atoms with Gasteiger partial charge in [0.25, 0.3) is 0 Å². The molecule has 0 spiro atoms. The molecule has 6 aromatic rings. The first-order valence-corrected chi connectivity index (χ1v) is 17.2. The van der Waals surface area contributed by atoms with E-state index in [0.717, 1.165) is 27.2 Å². The summed E-state index contributed by atoms with van der Waals surface area (Å²) in [5, 5.41) is 7.18. The van der Waals surface area contributed by atoms with Gasteiger partial charge in [-0.2, -0.15) is 0 Å². The van der Waals surface area contributed by atoms with Gasteiger partial charge in [-0.25, -0.2) is 27.8 Å². The highest BCUT2D eigenvalue weighted by Gasteiger charge is 2.17. The van der Waals surface area contributed by atoms with Crippen LogP contribution in [0, 0.1) is 5.82 Å². The normalized spacial score (nSPS) is 12.2. The molecular weight excluding hydrogens is 647 g/mol. The number of nitrogens with zero attached hydrogens (tertiary/aromatic N) is 3. The van der Waals surface area contributed by atoms with Crippen LogP contribution in [-0.4, -0.2) is 35.7 Å². The van der Waals surface area contributed by atoms with Crippen molar-refractivity contribution in [2.75, 3.05) is 17.7 Å². The first-order chi connectivity index (χ1) is 22.2. The fraction of sp³-hybridized carbons (Fsp3) is 0.147. The van der Waals surface area contributed by atoms with Crippen molar-refractivity contribution in [3.8, 4) is 17.0 Å². The Bertz CT molecular complexity index is 2090. The monoisotopic (exact) mass is 674 g/mol. The molecule has 0 amide bonds. The number of ether oxygens (including phenoxy) is 2. The van der Waals surface area contributed by atoms with Crippen molar-refractivity contribution >= 4 is 55.2 Å². The van der Waals surface area contributed by atoms with Crippen LogP contribution in [0.2, 0.25) is 5.02 Å². The van der Waals surface area contributed by atoms with Gasteiger partial charge in [0.05, 0.1) is 33.5 Å². The van der Waals surface area contributed by atoms with E-state index < -0.39 is 9.84 Å². The summed E-state index contributed by atoms with van der Waals surface area (Å²) in [6.45, 7) is 2.10. The summed E-state index contributed by atoms with van der Waals surface area (Å²) >= 11 is 7.96. The molecule has 0 aliphatic rings. The van der Waals surface area contributed by atoms with Crippen LogP contribution in [0.3, 0.4) is 0 Å². The fourth-order valence-corrected chi connectivity index (χ4v) is 6.88. The number of benzene rings is 4. The van der Waals surface area contributed by atoms with E-state index in [1.165, 1.54) is 29.8 Å². The summed E-state index contributed by atoms with van der Waals surface area (Å²) in [5.41, 5.74) is 3.77. The van der Waals surface area contributed by atoms with Gasteiger partial charge in [0.15, 0.2) is 9.84 Å². The lowest BCUT2D eigenvalue weighted by Gasteiger charge is -2.12. The predicted molar refractivity (Wildman–Crippen MR) is 179 cm³/mol. The number of fused-ring (bicyclic) bond motifs is 1. The number of rotatable bonds is 12. The van der Waals surface area contributed by atoms with Crippen LogP contribution in [0.1, 0.15) is 23.6 Å². The van der Waals surface area contributed by atoms with E-state index in [1.54, 1.807) is 54.6 Å². The Kier molecular flexibility index (Phi) is 9.55. The molecule has 4 aromatic carbocycles. The lowest BCUT2D eigenvalue weighted by atomic mass is 10.1. The van der Waals surface area contributed by atoms with E-state index >= 15 is 0 Å². The van der Waals surface area contributed by atoms with Crippen molar-refractivity contribution in [2.24, 2.45) is 0 Å². The third kappa shape index (κ3) is 7.51. The average Bonchev–Trinajstić information content (AvgIpc) is 3.56. The second-order valence-electron chi connectivity index (χ2n) is 10.4. The maximum Gasteiger partial charge on any atom is 0.180 e. The molecule has 234 valence electrons. The largest absolute Gasteiger partial charge is 0.487 e. The Balaban J connectivity index is 1.13. The molecule has 0 fully saturated rings. The van der Waals surface area contributed by atoms with Crippen molar-refractivity contribution in [1.82, 2.24) is 15.0 Å². The van der Waals surface area contributed by atoms with Crippen molar-refractivity contribution in [2.45, 2.75) is 24.5 Å². The Labute approximate surface area is 274 Å². The molecule has 0 saturated heterocycles. The number of hydrogen-bond acceptors (Lipinski definition) is 9. The fourth-order valence-electron chi connectivity index (χ4n) is 4.69. The Morgan fingerprint density at radius 2 is 1.83 bits per heavy atom. The van der Waals surface area contributed by atoms with E-state index in [9.17, 15) is 12.8 Å². The molecule has 1 N–H and O–H groups in total. The van der Waals surface area contributed by atoms with Crippen LogP contribution in [0.15, 0.2) is 108 Å². The summed E-state index contributed by atoms with van der Waals surface area (Å²) in [6, 6.07) is 25.7. The lowest BCUT2D eigenvalue weighted by Crippen LogP contribution is -2.14. The molecule has 2 heterocycles. The molecule has 1 atom stereocenters. The zero-order valence-electron chi connectivity index (χ0n) is 24.6. The summed E-state index contributed by atoms with van der Waals surface area (Å²) in [7, 11) is -3.43. The maximum atomic E-state index is 13.5. The first kappa shape index (κ1) is 31.6. The molecule has 0 aliphatic carbocycles. The molecule has 8 nitrogen and oxygen atoms in total. The van der Waals surface area contributed by atoms with Gasteiger partial charge in [-0.15, -0.1) is 11.3 Å². The molecule has 0 bridgehead atoms. The predicted octanol–water partition coefficient (Wildman–Crippen LogP) is 8.42. The van der Waals surface area contributed by atoms with Gasteiger partial charge >= 0.3 is 0 Å². The van der Waals surface area contributed by atoms with Gasteiger partial charge in [-0.3, -0.25) is 0 Å². The standard InChI is InChI=1S/C34H28ClFN4O4S2/c1-22(43-14-15-46(41,42)27-8-3-2-4-9-27)34-40-31(20-45-34)24-10-12-30-28(17-24)33(38-21-37-30)39-26-11-13-32(29(35)18-26)44-19-23-6-5-7-25(36)16-23/h2-13,16-18,20-22H,14-15,19H2,1H3,(H,37,38,39). The Hall–Kier alpha value is -4.42. The molecule has 0 saturated carbocycles. The zero-order valence-corrected chi connectivity index (χ0v) is 26.9. The molecular formula is C34H28ClFN4O4S2. The van der Waals surface area contributed by atoms with Crippen LogP contribution < -0.4 is 10.1 Å². The first-order valence-electron chi connectivity index (χ1n) is 14.3. The highest BCUT2D eigenvalue weighted by molar-refractivity contribution is 7.91. The van der Waals surface area contributed by atoms with E-state index in [1.807, 2.05) is 36.6 Å². The van der Waals surface area contributed by atoms with Crippen molar-refractivity contribution in [3.63, 3.8) is 0 Å². The Morgan fingerprint density at radius 1 is 0.978 bits per heavy atom. The van der Waals surface area contributed by atoms with Crippen LogP contribution in [0.4, 0.5) is 15.9 Å². The number of sulfone groups is 1. The quantitative estimate of drug-likeness (QED) is 0.138. The van der Waals surface area contributed by atoms with E-state index in [0.29, 0.717) is 27.8 Å². The van der Waals surface area contributed by atoms with Gasteiger partial charge in [-0.1, -0.05) is 48.0 Å². The van der Waals surface area contributed by atoms with Crippen molar-refractivity contribution < 1.29 is 22.3 Å². The molecule has 1 unspecified atom stereocenters. The highest BCUT2D eigenvalue weighted by atomic mass is 35.5. The summed E-state index contributed by atoms with van der Waals surface area (Å²) in [4.78, 5) is 13.9. The third-order valence-corrected chi connectivity index (χ3v) is 10.1. The van der Waals surface area contributed by atoms with E-state index in [2.05, 4.69) is 15.3 Å². The lowest BCUT2D eigenvalue weighted by molar-refractivity contribution is 0.0775. The minimum atomic E-state index is -3.43. The molecule has 0 radical (unpaired) electrons. The second-order valence-corrected chi connectivity index (χ2v) is 13.8. The number of anilines is 2. The van der Waals surface area contributed by atoms with Gasteiger partial charge in [0, 0.05) is 22.0 Å². The average molecular weight is 675 g/mol. The SMILES string of the molecule is CC(OCCS(=O)(=O)c1ccccc1)c1nc(-c2ccc3ncnc(Nc4ccc(OCc5cccc(F)c5)c(Cl)c4)c3c2)cs1. The van der Waals surface area contributed by atoms with E-state index in [-0.39, 0.29) is 35.8 Å². The number of aromatic nitrogens is 3. The smallest absolute Gasteiger partial charge is 0.180 e. The maximum absolute atomic E-state index is 13.5. The van der Waals surface area contributed by atoms with Crippen LogP contribution in [-0.2, 0) is 21.2 Å². The summed E-state index contributed by atoms with van der Waals surface area (Å²) in [6.07, 6.45) is 1.11. The molecule has 2 aromatic heterocycles. The Morgan fingerprint density at radius 3 is 2.63 bits per heavy atom. The summed E-state index contributed by atoms with van der Waals surface area (Å²) < 4.78 is 50.3. The molecule has 0 aliphatic heterocycles. The van der Waals surface area contributed by atoms with Crippen molar-refractivity contribution in [1.29, 1.82) is 0 Å². The second kappa shape index (κ2) is 13.9. The molecule has 46 heavy (non-hydrogen) atoms. The van der Waals surface area contributed by atoms with E-state index in [4.69, 9.17) is 26.1 Å².